The Morgan fingerprint density at radius 2 is 1.72 bits per heavy atom. The zero-order valence-electron chi connectivity index (χ0n) is 9.36. The van der Waals surface area contributed by atoms with Crippen LogP contribution in [0.2, 0.25) is 0 Å². The van der Waals surface area contributed by atoms with Crippen LogP contribution in [0.25, 0.3) is 0 Å². The smallest absolute Gasteiger partial charge is 0.255 e. The van der Waals surface area contributed by atoms with E-state index in [-0.39, 0.29) is 0 Å². The van der Waals surface area contributed by atoms with Crippen molar-refractivity contribution in [3.63, 3.8) is 0 Å². The van der Waals surface area contributed by atoms with E-state index < -0.39 is 48.5 Å². The first kappa shape index (κ1) is 14.5. The molecule has 0 fully saturated rings. The number of aliphatic hydroxyl groups is 3. The van der Waals surface area contributed by atoms with Crippen molar-refractivity contribution in [1.82, 2.24) is 5.32 Å². The molecule has 0 saturated heterocycles. The summed E-state index contributed by atoms with van der Waals surface area (Å²) >= 11 is 0. The summed E-state index contributed by atoms with van der Waals surface area (Å²) in [5.74, 6) is -3.56. The van der Waals surface area contributed by atoms with Crippen LogP contribution in [-0.4, -0.2) is 46.6 Å². The highest BCUT2D eigenvalue weighted by Gasteiger charge is 2.31. The minimum absolute atomic E-state index is 0.574. The Bertz CT molecular complexity index is 427. The standard InChI is InChI=1S/C11H13F2NO4/c12-8-3-1-2-7(9(8)13)10(18)14-11(4-15,5-16)6-17/h1-3,15-17H,4-6H2,(H,14,18). The van der Waals surface area contributed by atoms with Gasteiger partial charge in [0.15, 0.2) is 11.6 Å². The highest BCUT2D eigenvalue weighted by atomic mass is 19.2. The number of benzene rings is 1. The third-order valence-corrected chi connectivity index (χ3v) is 2.48. The minimum Gasteiger partial charge on any atom is -0.394 e. The number of hydrogen-bond donors (Lipinski definition) is 4. The molecule has 0 atom stereocenters. The van der Waals surface area contributed by atoms with Gasteiger partial charge in [-0.2, -0.15) is 0 Å². The SMILES string of the molecule is O=C(NC(CO)(CO)CO)c1cccc(F)c1F. The van der Waals surface area contributed by atoms with E-state index in [0.717, 1.165) is 18.2 Å². The summed E-state index contributed by atoms with van der Waals surface area (Å²) in [4.78, 5) is 11.7. The molecular weight excluding hydrogens is 248 g/mol. The van der Waals surface area contributed by atoms with Crippen molar-refractivity contribution in [2.45, 2.75) is 5.54 Å². The molecule has 0 radical (unpaired) electrons. The molecule has 0 aromatic heterocycles. The van der Waals surface area contributed by atoms with Gasteiger partial charge in [0.1, 0.15) is 5.54 Å². The average molecular weight is 261 g/mol. The number of halogens is 2. The van der Waals surface area contributed by atoms with Crippen LogP contribution < -0.4 is 5.32 Å². The second-order valence-corrected chi connectivity index (χ2v) is 3.81. The molecule has 0 aliphatic heterocycles. The van der Waals surface area contributed by atoms with Crippen LogP contribution >= 0.6 is 0 Å². The quantitative estimate of drug-likeness (QED) is 0.570. The molecule has 1 aromatic rings. The van der Waals surface area contributed by atoms with Crippen LogP contribution in [0.4, 0.5) is 8.78 Å². The van der Waals surface area contributed by atoms with E-state index in [4.69, 9.17) is 15.3 Å². The van der Waals surface area contributed by atoms with Crippen molar-refractivity contribution in [3.8, 4) is 0 Å². The van der Waals surface area contributed by atoms with Crippen molar-refractivity contribution in [3.05, 3.63) is 35.4 Å². The van der Waals surface area contributed by atoms with E-state index >= 15 is 0 Å². The normalized spacial score (nSPS) is 11.4. The Morgan fingerprint density at radius 1 is 1.17 bits per heavy atom. The molecular formula is C11H13F2NO4. The van der Waals surface area contributed by atoms with E-state index in [1.54, 1.807) is 0 Å². The molecule has 0 aliphatic carbocycles. The van der Waals surface area contributed by atoms with Gasteiger partial charge in [0.2, 0.25) is 0 Å². The van der Waals surface area contributed by atoms with Crippen LogP contribution in [-0.2, 0) is 0 Å². The van der Waals surface area contributed by atoms with Gasteiger partial charge in [0, 0.05) is 0 Å². The molecule has 0 heterocycles. The van der Waals surface area contributed by atoms with E-state index in [0.29, 0.717) is 0 Å². The lowest BCUT2D eigenvalue weighted by Gasteiger charge is -2.28. The second kappa shape index (κ2) is 5.85. The lowest BCUT2D eigenvalue weighted by Crippen LogP contribution is -2.57. The van der Waals surface area contributed by atoms with Crippen molar-refractivity contribution in [2.75, 3.05) is 19.8 Å². The molecule has 0 spiro atoms. The Morgan fingerprint density at radius 3 is 2.22 bits per heavy atom. The van der Waals surface area contributed by atoms with Gasteiger partial charge in [0.25, 0.3) is 5.91 Å². The van der Waals surface area contributed by atoms with Gasteiger partial charge in [-0.3, -0.25) is 4.79 Å². The van der Waals surface area contributed by atoms with Crippen LogP contribution in [0.15, 0.2) is 18.2 Å². The zero-order valence-corrected chi connectivity index (χ0v) is 9.36. The third kappa shape index (κ3) is 2.81. The highest BCUT2D eigenvalue weighted by molar-refractivity contribution is 5.95. The predicted octanol–water partition coefficient (Wildman–Crippen LogP) is -0.590. The molecule has 4 N–H and O–H groups in total. The van der Waals surface area contributed by atoms with Crippen molar-refractivity contribution < 1.29 is 28.9 Å². The van der Waals surface area contributed by atoms with Crippen molar-refractivity contribution >= 4 is 5.91 Å². The predicted molar refractivity (Wildman–Crippen MR) is 57.8 cm³/mol. The summed E-state index contributed by atoms with van der Waals surface area (Å²) in [6, 6.07) is 3.04. The number of carbonyl (C=O) groups is 1. The molecule has 0 saturated carbocycles. The fraction of sp³-hybridized carbons (Fsp3) is 0.364. The molecule has 1 amide bonds. The number of amides is 1. The number of carbonyl (C=O) groups excluding carboxylic acids is 1. The lowest BCUT2D eigenvalue weighted by atomic mass is 10.0. The van der Waals surface area contributed by atoms with E-state index in [9.17, 15) is 13.6 Å². The van der Waals surface area contributed by atoms with E-state index in [1.165, 1.54) is 0 Å². The van der Waals surface area contributed by atoms with Gasteiger partial charge >= 0.3 is 0 Å². The van der Waals surface area contributed by atoms with Crippen molar-refractivity contribution in [2.24, 2.45) is 0 Å². The largest absolute Gasteiger partial charge is 0.394 e. The summed E-state index contributed by atoms with van der Waals surface area (Å²) in [5, 5.41) is 29.0. The van der Waals surface area contributed by atoms with Crippen molar-refractivity contribution in [1.29, 1.82) is 0 Å². The Hall–Kier alpha value is -1.57. The average Bonchev–Trinajstić information content (AvgIpc) is 2.39. The molecule has 1 aromatic carbocycles. The summed E-state index contributed by atoms with van der Waals surface area (Å²) in [6.45, 7) is -2.24. The summed E-state index contributed by atoms with van der Waals surface area (Å²) in [7, 11) is 0. The maximum absolute atomic E-state index is 13.3. The lowest BCUT2D eigenvalue weighted by molar-refractivity contribution is 0.0373. The van der Waals surface area contributed by atoms with Gasteiger partial charge in [-0.05, 0) is 12.1 Å². The third-order valence-electron chi connectivity index (χ3n) is 2.48. The Kier molecular flexibility index (Phi) is 4.71. The zero-order chi connectivity index (χ0) is 13.8. The minimum atomic E-state index is -1.68. The first-order valence-corrected chi connectivity index (χ1v) is 5.09. The summed E-state index contributed by atoms with van der Waals surface area (Å²) in [5.41, 5.74) is -2.26. The molecule has 100 valence electrons. The highest BCUT2D eigenvalue weighted by Crippen LogP contribution is 2.13. The Balaban J connectivity index is 2.98. The van der Waals surface area contributed by atoms with Crippen LogP contribution in [0.1, 0.15) is 10.4 Å². The van der Waals surface area contributed by atoms with Gasteiger partial charge in [-0.1, -0.05) is 6.07 Å². The molecule has 1 rings (SSSR count). The van der Waals surface area contributed by atoms with Crippen LogP contribution in [0.3, 0.4) is 0 Å². The van der Waals surface area contributed by atoms with Crippen LogP contribution in [0, 0.1) is 11.6 Å². The molecule has 7 heteroatoms. The molecule has 0 aliphatic rings. The second-order valence-electron chi connectivity index (χ2n) is 3.81. The van der Waals surface area contributed by atoms with Gasteiger partial charge in [-0.15, -0.1) is 0 Å². The molecule has 18 heavy (non-hydrogen) atoms. The molecule has 0 bridgehead atoms. The fourth-order valence-electron chi connectivity index (χ4n) is 1.26. The molecule has 5 nitrogen and oxygen atoms in total. The number of nitrogens with one attached hydrogen (secondary N) is 1. The monoisotopic (exact) mass is 261 g/mol. The summed E-state index contributed by atoms with van der Waals surface area (Å²) in [6.07, 6.45) is 0. The summed E-state index contributed by atoms with van der Waals surface area (Å²) < 4.78 is 26.2. The van der Waals surface area contributed by atoms with Gasteiger partial charge < -0.3 is 20.6 Å². The number of aliphatic hydroxyl groups excluding tert-OH is 3. The fourth-order valence-corrected chi connectivity index (χ4v) is 1.26. The first-order chi connectivity index (χ1) is 8.49. The van der Waals surface area contributed by atoms with Crippen LogP contribution in [0.5, 0.6) is 0 Å². The van der Waals surface area contributed by atoms with Gasteiger partial charge in [-0.25, -0.2) is 8.78 Å². The Labute approximate surface area is 102 Å². The maximum Gasteiger partial charge on any atom is 0.255 e. The first-order valence-electron chi connectivity index (χ1n) is 5.09. The maximum atomic E-state index is 13.3. The number of hydrogen-bond acceptors (Lipinski definition) is 4. The van der Waals surface area contributed by atoms with Gasteiger partial charge in [0.05, 0.1) is 25.4 Å². The topological polar surface area (TPSA) is 89.8 Å². The molecule has 0 unspecified atom stereocenters. The number of rotatable bonds is 5. The van der Waals surface area contributed by atoms with E-state index in [2.05, 4.69) is 5.32 Å². The van der Waals surface area contributed by atoms with E-state index in [1.807, 2.05) is 0 Å².